The predicted octanol–water partition coefficient (Wildman–Crippen LogP) is 3.08. The Kier molecular flexibility index (Phi) is 6.28. The summed E-state index contributed by atoms with van der Waals surface area (Å²) in [5.74, 6) is 1.58. The lowest BCUT2D eigenvalue weighted by molar-refractivity contribution is 0.209. The molecule has 1 amide bonds. The van der Waals surface area contributed by atoms with Crippen LogP contribution in [0.3, 0.4) is 0 Å². The number of methoxy groups -OCH3 is 1. The maximum absolute atomic E-state index is 11.2. The second-order valence-corrected chi connectivity index (χ2v) is 8.48. The number of nitrogens with one attached hydrogen (secondary N) is 2. The number of carboxylic acid groups (broad SMARTS) is 1. The molecule has 0 aliphatic carbocycles. The molecule has 4 heterocycles. The Balaban J connectivity index is 1.84. The fourth-order valence-electron chi connectivity index (χ4n) is 3.73. The minimum Gasteiger partial charge on any atom is -0.496 e. The second-order valence-electron chi connectivity index (χ2n) is 7.51. The lowest BCUT2D eigenvalue weighted by atomic mass is 10.1. The van der Waals surface area contributed by atoms with E-state index in [0.717, 1.165) is 52.4 Å². The van der Waals surface area contributed by atoms with Crippen LogP contribution < -0.4 is 15.4 Å². The van der Waals surface area contributed by atoms with Crippen molar-refractivity contribution < 1.29 is 14.6 Å². The normalized spacial score (nSPS) is 13.1. The van der Waals surface area contributed by atoms with Crippen molar-refractivity contribution in [1.29, 1.82) is 0 Å². The first kappa shape index (κ1) is 22.0. The van der Waals surface area contributed by atoms with E-state index in [1.165, 1.54) is 5.57 Å². The van der Waals surface area contributed by atoms with Crippen molar-refractivity contribution >= 4 is 40.9 Å². The molecule has 3 N–H and O–H groups in total. The Morgan fingerprint density at radius 3 is 2.88 bits per heavy atom. The molecular formula is C21H25N7O3S. The van der Waals surface area contributed by atoms with E-state index in [0.29, 0.717) is 17.2 Å². The highest BCUT2D eigenvalue weighted by Crippen LogP contribution is 2.36. The Hall–Kier alpha value is -3.18. The fraction of sp³-hybridized carbons (Fsp3) is 0.381. The van der Waals surface area contributed by atoms with Gasteiger partial charge >= 0.3 is 6.09 Å². The summed E-state index contributed by atoms with van der Waals surface area (Å²) in [7, 11) is 3.57. The van der Waals surface area contributed by atoms with Crippen molar-refractivity contribution in [1.82, 2.24) is 30.0 Å². The van der Waals surface area contributed by atoms with Crippen molar-refractivity contribution in [3.8, 4) is 5.75 Å². The third-order valence-corrected chi connectivity index (χ3v) is 6.37. The molecule has 0 unspecified atom stereocenters. The summed E-state index contributed by atoms with van der Waals surface area (Å²) in [6, 6.07) is 0. The average molecular weight is 456 g/mol. The lowest BCUT2D eigenvalue weighted by Crippen LogP contribution is -2.13. The number of ether oxygens (including phenoxy) is 1. The van der Waals surface area contributed by atoms with Crippen LogP contribution in [0.4, 0.5) is 10.7 Å². The van der Waals surface area contributed by atoms with Crippen molar-refractivity contribution in [2.75, 3.05) is 31.8 Å². The molecule has 1 aliphatic rings. The lowest BCUT2D eigenvalue weighted by Gasteiger charge is -2.13. The van der Waals surface area contributed by atoms with Gasteiger partial charge in [-0.1, -0.05) is 5.57 Å². The zero-order valence-corrected chi connectivity index (χ0v) is 19.2. The van der Waals surface area contributed by atoms with Gasteiger partial charge in [0.25, 0.3) is 0 Å². The van der Waals surface area contributed by atoms with Crippen LogP contribution in [0, 0.1) is 13.8 Å². The summed E-state index contributed by atoms with van der Waals surface area (Å²) in [4.78, 5) is 24.7. The van der Waals surface area contributed by atoms with Gasteiger partial charge in [-0.3, -0.25) is 10.3 Å². The summed E-state index contributed by atoms with van der Waals surface area (Å²) < 4.78 is 7.29. The van der Waals surface area contributed by atoms with E-state index < -0.39 is 6.09 Å². The highest BCUT2D eigenvalue weighted by atomic mass is 32.2. The fourth-order valence-corrected chi connectivity index (χ4v) is 4.77. The minimum absolute atomic E-state index is 0.0324. The van der Waals surface area contributed by atoms with E-state index in [4.69, 9.17) is 9.84 Å². The molecule has 0 radical (unpaired) electrons. The number of carbonyl (C=O) groups is 1. The number of thioether (sulfide) groups is 1. The second kappa shape index (κ2) is 9.13. The summed E-state index contributed by atoms with van der Waals surface area (Å²) in [6.45, 7) is 5.14. The van der Waals surface area contributed by atoms with E-state index in [-0.39, 0.29) is 5.95 Å². The first-order valence-corrected chi connectivity index (χ1v) is 11.1. The van der Waals surface area contributed by atoms with Crippen molar-refractivity contribution in [2.24, 2.45) is 0 Å². The van der Waals surface area contributed by atoms with Crippen LogP contribution in [0.15, 0.2) is 16.8 Å². The molecular weight excluding hydrogens is 430 g/mol. The number of anilines is 1. The molecule has 0 bridgehead atoms. The van der Waals surface area contributed by atoms with Gasteiger partial charge in [0.15, 0.2) is 5.65 Å². The Morgan fingerprint density at radius 2 is 2.16 bits per heavy atom. The smallest absolute Gasteiger partial charge is 0.411 e. The van der Waals surface area contributed by atoms with Crippen LogP contribution in [-0.4, -0.2) is 62.4 Å². The molecule has 32 heavy (non-hydrogen) atoms. The molecule has 168 valence electrons. The maximum atomic E-state index is 11.2. The van der Waals surface area contributed by atoms with Crippen LogP contribution in [0.5, 0.6) is 5.75 Å². The topological polar surface area (TPSA) is 127 Å². The molecule has 0 aromatic carbocycles. The molecule has 11 heteroatoms. The van der Waals surface area contributed by atoms with Gasteiger partial charge < -0.3 is 15.2 Å². The quantitative estimate of drug-likeness (QED) is 0.461. The van der Waals surface area contributed by atoms with Gasteiger partial charge in [0, 0.05) is 23.1 Å². The van der Waals surface area contributed by atoms with Crippen LogP contribution in [-0.2, 0) is 6.54 Å². The molecule has 0 atom stereocenters. The number of pyridine rings is 1. The number of nitrogens with zero attached hydrogens (tertiary/aromatic N) is 5. The number of hydrogen-bond acceptors (Lipinski definition) is 8. The number of amides is 1. The maximum Gasteiger partial charge on any atom is 0.411 e. The number of aromatic nitrogens is 5. The van der Waals surface area contributed by atoms with Crippen molar-refractivity contribution in [2.45, 2.75) is 31.8 Å². The first-order chi connectivity index (χ1) is 15.4. The van der Waals surface area contributed by atoms with Gasteiger partial charge in [0.1, 0.15) is 10.8 Å². The van der Waals surface area contributed by atoms with Crippen molar-refractivity contribution in [3.63, 3.8) is 0 Å². The summed E-state index contributed by atoms with van der Waals surface area (Å²) in [5.41, 5.74) is 5.27. The van der Waals surface area contributed by atoms with Gasteiger partial charge in [-0.15, -0.1) is 11.8 Å². The highest BCUT2D eigenvalue weighted by Gasteiger charge is 2.23. The van der Waals surface area contributed by atoms with Gasteiger partial charge in [-0.25, -0.2) is 14.5 Å². The van der Waals surface area contributed by atoms with Crippen LogP contribution in [0.2, 0.25) is 0 Å². The third kappa shape index (κ3) is 4.26. The summed E-state index contributed by atoms with van der Waals surface area (Å²) >= 11 is 1.56. The van der Waals surface area contributed by atoms with E-state index in [1.54, 1.807) is 29.8 Å². The SMILES string of the molecule is CNCCC1=Cc2nn(Cc3ncc(C)c(OC)c3C)c3nc(NC(=O)O)nc(c23)SC1. The van der Waals surface area contributed by atoms with Gasteiger partial charge in [-0.2, -0.15) is 10.1 Å². The summed E-state index contributed by atoms with van der Waals surface area (Å²) in [6.07, 6.45) is 3.54. The van der Waals surface area contributed by atoms with Crippen LogP contribution in [0.25, 0.3) is 17.1 Å². The molecule has 3 aromatic rings. The van der Waals surface area contributed by atoms with Gasteiger partial charge in [0.2, 0.25) is 5.95 Å². The van der Waals surface area contributed by atoms with E-state index in [1.807, 2.05) is 20.9 Å². The predicted molar refractivity (Wildman–Crippen MR) is 124 cm³/mol. The molecule has 1 aliphatic heterocycles. The zero-order chi connectivity index (χ0) is 22.8. The van der Waals surface area contributed by atoms with Crippen LogP contribution in [0.1, 0.15) is 28.9 Å². The number of aryl methyl sites for hydroxylation is 1. The Bertz CT molecular complexity index is 1220. The summed E-state index contributed by atoms with van der Waals surface area (Å²) in [5, 5.41) is 21.0. The molecule has 4 rings (SSSR count). The number of rotatable bonds is 7. The van der Waals surface area contributed by atoms with Crippen molar-refractivity contribution in [3.05, 3.63) is 34.3 Å². The standard InChI is InChI=1S/C21H25N7O3S/c1-11-8-23-15(12(2)17(11)31-4)9-28-18-16-14(27-28)7-13(5-6-22-3)10-32-19(16)25-20(24-18)26-21(29)30/h7-8,22H,5-6,9-10H2,1-4H3,(H,29,30)(H,24,25,26). The molecule has 3 aromatic heterocycles. The molecule has 0 saturated heterocycles. The van der Waals surface area contributed by atoms with E-state index >= 15 is 0 Å². The minimum atomic E-state index is -1.21. The van der Waals surface area contributed by atoms with E-state index in [2.05, 4.69) is 31.7 Å². The largest absolute Gasteiger partial charge is 0.496 e. The zero-order valence-electron chi connectivity index (χ0n) is 18.4. The molecule has 10 nitrogen and oxygen atoms in total. The average Bonchev–Trinajstić information content (AvgIpc) is 2.98. The van der Waals surface area contributed by atoms with Gasteiger partial charge in [-0.05, 0) is 39.9 Å². The molecule has 0 saturated carbocycles. The highest BCUT2D eigenvalue weighted by molar-refractivity contribution is 7.99. The molecule has 0 spiro atoms. The van der Waals surface area contributed by atoms with Crippen LogP contribution >= 0.6 is 11.8 Å². The Morgan fingerprint density at radius 1 is 1.34 bits per heavy atom. The van der Waals surface area contributed by atoms with Gasteiger partial charge in [0.05, 0.1) is 30.4 Å². The first-order valence-electron chi connectivity index (χ1n) is 10.2. The van der Waals surface area contributed by atoms with E-state index in [9.17, 15) is 9.90 Å². The third-order valence-electron chi connectivity index (χ3n) is 5.29. The molecule has 0 fully saturated rings. The monoisotopic (exact) mass is 455 g/mol. The Labute approximate surface area is 189 Å². The number of hydrogen-bond donors (Lipinski definition) is 3.